The summed E-state index contributed by atoms with van der Waals surface area (Å²) in [6, 6.07) is 14.0. The van der Waals surface area contributed by atoms with Crippen LogP contribution in [0.15, 0.2) is 65.8 Å². The third-order valence-corrected chi connectivity index (χ3v) is 7.04. The number of pyridine rings is 1. The van der Waals surface area contributed by atoms with Crippen molar-refractivity contribution in [3.63, 3.8) is 0 Å². The van der Waals surface area contributed by atoms with Crippen LogP contribution in [0.2, 0.25) is 0 Å². The number of hydrogen-bond acceptors (Lipinski definition) is 6. The third-order valence-electron chi connectivity index (χ3n) is 5.22. The van der Waals surface area contributed by atoms with Gasteiger partial charge in [0.1, 0.15) is 6.10 Å². The van der Waals surface area contributed by atoms with Gasteiger partial charge in [-0.05, 0) is 30.7 Å². The summed E-state index contributed by atoms with van der Waals surface area (Å²) in [5.74, 6) is -0.118. The number of sulfone groups is 1. The summed E-state index contributed by atoms with van der Waals surface area (Å²) in [5, 5.41) is 6.72. The first-order chi connectivity index (χ1) is 15.0. The average molecular weight is 441 g/mol. The van der Waals surface area contributed by atoms with Crippen LogP contribution in [0.4, 0.5) is 0 Å². The molecule has 4 rings (SSSR count). The average Bonchev–Trinajstić information content (AvgIpc) is 3.35. The molecule has 1 amide bonds. The number of hydrogen-bond donors (Lipinski definition) is 1. The number of H-pyrrole nitrogens is 1. The Morgan fingerprint density at radius 1 is 1.16 bits per heavy atom. The van der Waals surface area contributed by atoms with Gasteiger partial charge in [0, 0.05) is 24.7 Å². The number of benzene rings is 1. The molecule has 1 unspecified atom stereocenters. The topological polar surface area (TPSA) is 105 Å². The van der Waals surface area contributed by atoms with Crippen LogP contribution in [0.3, 0.4) is 0 Å². The van der Waals surface area contributed by atoms with Crippen LogP contribution in [-0.2, 0) is 19.4 Å². The van der Waals surface area contributed by atoms with E-state index in [1.165, 1.54) is 0 Å². The number of nitrogens with one attached hydrogen (secondary N) is 1. The second-order valence-corrected chi connectivity index (χ2v) is 9.48. The van der Waals surface area contributed by atoms with Crippen molar-refractivity contribution in [3.8, 4) is 11.3 Å². The minimum Gasteiger partial charge on any atom is -0.368 e. The monoisotopic (exact) mass is 440 g/mol. The van der Waals surface area contributed by atoms with E-state index in [9.17, 15) is 13.2 Å². The van der Waals surface area contributed by atoms with E-state index in [0.29, 0.717) is 19.7 Å². The lowest BCUT2D eigenvalue weighted by Crippen LogP contribution is -2.42. The summed E-state index contributed by atoms with van der Waals surface area (Å²) in [4.78, 5) is 19.4. The van der Waals surface area contributed by atoms with E-state index in [-0.39, 0.29) is 35.5 Å². The van der Waals surface area contributed by atoms with Gasteiger partial charge in [0.15, 0.2) is 9.84 Å². The van der Waals surface area contributed by atoms with E-state index in [0.717, 1.165) is 17.0 Å². The van der Waals surface area contributed by atoms with E-state index in [2.05, 4.69) is 15.2 Å². The largest absolute Gasteiger partial charge is 0.368 e. The SMILES string of the molecule is O=C(CCCS(=O)(=O)c1ccccc1)N1CCOC(c2cccc(-c3cn[nH]c3)n2)C1. The summed E-state index contributed by atoms with van der Waals surface area (Å²) < 4.78 is 30.7. The molecular weight excluding hydrogens is 416 g/mol. The normalized spacial score (nSPS) is 16.9. The number of carbonyl (C=O) groups excluding carboxylic acids is 1. The Morgan fingerprint density at radius 3 is 2.77 bits per heavy atom. The van der Waals surface area contributed by atoms with Gasteiger partial charge in [-0.3, -0.25) is 9.89 Å². The molecule has 0 aliphatic carbocycles. The van der Waals surface area contributed by atoms with Crippen molar-refractivity contribution in [1.29, 1.82) is 0 Å². The minimum atomic E-state index is -3.38. The highest BCUT2D eigenvalue weighted by Gasteiger charge is 2.26. The van der Waals surface area contributed by atoms with Gasteiger partial charge in [0.05, 0.1) is 41.4 Å². The molecule has 1 fully saturated rings. The molecule has 1 aliphatic heterocycles. The summed E-state index contributed by atoms with van der Waals surface area (Å²) in [5.41, 5.74) is 2.41. The number of rotatable bonds is 7. The summed E-state index contributed by atoms with van der Waals surface area (Å²) in [6.07, 6.45) is 3.62. The zero-order chi connectivity index (χ0) is 21.7. The quantitative estimate of drug-likeness (QED) is 0.606. The molecule has 1 aromatic carbocycles. The van der Waals surface area contributed by atoms with Crippen LogP contribution in [-0.4, -0.2) is 59.9 Å². The van der Waals surface area contributed by atoms with E-state index in [4.69, 9.17) is 4.74 Å². The van der Waals surface area contributed by atoms with E-state index >= 15 is 0 Å². The highest BCUT2D eigenvalue weighted by Crippen LogP contribution is 2.24. The zero-order valence-corrected chi connectivity index (χ0v) is 17.8. The van der Waals surface area contributed by atoms with Crippen molar-refractivity contribution in [2.45, 2.75) is 23.8 Å². The van der Waals surface area contributed by atoms with Crippen LogP contribution < -0.4 is 0 Å². The van der Waals surface area contributed by atoms with E-state index in [1.54, 1.807) is 47.6 Å². The molecule has 0 bridgehead atoms. The summed E-state index contributed by atoms with van der Waals surface area (Å²) in [6.45, 7) is 1.30. The maximum atomic E-state index is 12.7. The lowest BCUT2D eigenvalue weighted by atomic mass is 10.1. The first-order valence-corrected chi connectivity index (χ1v) is 11.8. The molecule has 1 aliphatic rings. The predicted octanol–water partition coefficient (Wildman–Crippen LogP) is 2.63. The molecule has 1 saturated heterocycles. The van der Waals surface area contributed by atoms with Gasteiger partial charge in [0.25, 0.3) is 0 Å². The molecule has 2 aromatic heterocycles. The van der Waals surface area contributed by atoms with Crippen LogP contribution in [0.5, 0.6) is 0 Å². The van der Waals surface area contributed by atoms with Gasteiger partial charge in [-0.1, -0.05) is 24.3 Å². The van der Waals surface area contributed by atoms with E-state index in [1.807, 2.05) is 18.2 Å². The number of aromatic amines is 1. The second kappa shape index (κ2) is 9.40. The van der Waals surface area contributed by atoms with Crippen LogP contribution in [0.25, 0.3) is 11.3 Å². The predicted molar refractivity (Wildman–Crippen MR) is 115 cm³/mol. The molecule has 9 heteroatoms. The molecule has 1 N–H and O–H groups in total. The van der Waals surface area contributed by atoms with Crippen molar-refractivity contribution in [1.82, 2.24) is 20.1 Å². The molecule has 0 saturated carbocycles. The third kappa shape index (κ3) is 5.18. The maximum Gasteiger partial charge on any atom is 0.222 e. The second-order valence-electron chi connectivity index (χ2n) is 7.37. The lowest BCUT2D eigenvalue weighted by molar-refractivity contribution is -0.139. The molecule has 162 valence electrons. The Morgan fingerprint density at radius 2 is 2.00 bits per heavy atom. The standard InChI is InChI=1S/C22H24N4O4S/c27-22(10-5-13-31(28,29)18-6-2-1-3-7-18)26-11-12-30-21(16-26)20-9-4-8-19(25-20)17-14-23-24-15-17/h1-4,6-9,14-15,21H,5,10-13,16H2,(H,23,24). The molecule has 3 aromatic rings. The first kappa shape index (κ1) is 21.2. The summed E-state index contributed by atoms with van der Waals surface area (Å²) in [7, 11) is -3.38. The van der Waals surface area contributed by atoms with Crippen LogP contribution >= 0.6 is 0 Å². The van der Waals surface area contributed by atoms with Crippen LogP contribution in [0, 0.1) is 0 Å². The van der Waals surface area contributed by atoms with Crippen LogP contribution in [0.1, 0.15) is 24.6 Å². The molecule has 0 radical (unpaired) electrons. The molecule has 31 heavy (non-hydrogen) atoms. The lowest BCUT2D eigenvalue weighted by Gasteiger charge is -2.33. The Balaban J connectivity index is 1.34. The number of aromatic nitrogens is 3. The number of ether oxygens (including phenoxy) is 1. The highest BCUT2D eigenvalue weighted by atomic mass is 32.2. The smallest absolute Gasteiger partial charge is 0.222 e. The Bertz CT molecular complexity index is 1120. The molecule has 8 nitrogen and oxygen atoms in total. The first-order valence-electron chi connectivity index (χ1n) is 10.2. The fourth-order valence-corrected chi connectivity index (χ4v) is 4.89. The molecule has 0 spiro atoms. The van der Waals surface area contributed by atoms with Crippen molar-refractivity contribution in [2.24, 2.45) is 0 Å². The Kier molecular flexibility index (Phi) is 6.43. The van der Waals surface area contributed by atoms with Gasteiger partial charge in [-0.15, -0.1) is 0 Å². The molecule has 1 atom stereocenters. The molecular formula is C22H24N4O4S. The number of carbonyl (C=O) groups is 1. The van der Waals surface area contributed by atoms with Gasteiger partial charge in [-0.2, -0.15) is 5.10 Å². The number of nitrogens with zero attached hydrogens (tertiary/aromatic N) is 3. The van der Waals surface area contributed by atoms with Gasteiger partial charge in [0.2, 0.25) is 5.91 Å². The number of amides is 1. The minimum absolute atomic E-state index is 0.0508. The van der Waals surface area contributed by atoms with Crippen molar-refractivity contribution >= 4 is 15.7 Å². The fraction of sp³-hybridized carbons (Fsp3) is 0.318. The molecule has 3 heterocycles. The van der Waals surface area contributed by atoms with Gasteiger partial charge >= 0.3 is 0 Å². The maximum absolute atomic E-state index is 12.7. The van der Waals surface area contributed by atoms with Crippen molar-refractivity contribution < 1.29 is 17.9 Å². The van der Waals surface area contributed by atoms with Crippen molar-refractivity contribution in [3.05, 3.63) is 66.6 Å². The van der Waals surface area contributed by atoms with E-state index < -0.39 is 9.84 Å². The highest BCUT2D eigenvalue weighted by molar-refractivity contribution is 7.91. The zero-order valence-electron chi connectivity index (χ0n) is 17.0. The van der Waals surface area contributed by atoms with Gasteiger partial charge in [-0.25, -0.2) is 13.4 Å². The number of morpholine rings is 1. The fourth-order valence-electron chi connectivity index (χ4n) is 3.55. The van der Waals surface area contributed by atoms with Crippen molar-refractivity contribution in [2.75, 3.05) is 25.4 Å². The Hall–Kier alpha value is -3.04. The van der Waals surface area contributed by atoms with Gasteiger partial charge < -0.3 is 9.64 Å². The Labute approximate surface area is 181 Å². The summed E-state index contributed by atoms with van der Waals surface area (Å²) >= 11 is 0.